The van der Waals surface area contributed by atoms with E-state index in [1.807, 2.05) is 0 Å². The van der Waals surface area contributed by atoms with Crippen molar-refractivity contribution in [1.29, 1.82) is 0 Å². The van der Waals surface area contributed by atoms with Crippen LogP contribution in [0, 0.1) is 0 Å². The fourth-order valence-electron chi connectivity index (χ4n) is 0.981. The third-order valence-electron chi connectivity index (χ3n) is 1.75. The fraction of sp³-hybridized carbons (Fsp3) is 0.625. The van der Waals surface area contributed by atoms with Crippen LogP contribution in [-0.2, 0) is 14.2 Å². The first-order chi connectivity index (χ1) is 7.77. The van der Waals surface area contributed by atoms with Crippen LogP contribution >= 0.6 is 0 Å². The number of carbonyl (C=O) groups is 1. The van der Waals surface area contributed by atoms with Crippen LogP contribution in [0.3, 0.4) is 0 Å². The Hall–Kier alpha value is -1.38. The van der Waals surface area contributed by atoms with Crippen molar-refractivity contribution >= 4 is 6.16 Å². The van der Waals surface area contributed by atoms with Gasteiger partial charge < -0.3 is 14.2 Å². The van der Waals surface area contributed by atoms with E-state index in [2.05, 4.69) is 14.2 Å². The molecule has 1 unspecified atom stereocenters. The molecule has 1 saturated heterocycles. The van der Waals surface area contributed by atoms with E-state index in [1.165, 1.54) is 0 Å². The molecule has 0 spiro atoms. The Kier molecular flexibility index (Phi) is 3.91. The first-order valence-electron chi connectivity index (χ1n) is 4.28. The van der Waals surface area contributed by atoms with Crippen molar-refractivity contribution in [2.24, 2.45) is 0 Å². The molecule has 0 bridgehead atoms. The monoisotopic (exact) mass is 262 g/mol. The Balaban J connectivity index is 2.64. The van der Waals surface area contributed by atoms with Crippen LogP contribution in [0.5, 0.6) is 0 Å². The van der Waals surface area contributed by atoms with Crippen molar-refractivity contribution in [3.63, 3.8) is 0 Å². The van der Waals surface area contributed by atoms with Gasteiger partial charge in [-0.1, -0.05) is 6.08 Å². The van der Waals surface area contributed by atoms with E-state index in [-0.39, 0.29) is 0 Å². The highest BCUT2D eigenvalue weighted by molar-refractivity contribution is 5.62. The largest absolute Gasteiger partial charge is 0.511 e. The molecule has 0 aliphatic carbocycles. The van der Waals surface area contributed by atoms with Gasteiger partial charge in [-0.05, 0) is 6.08 Å². The second-order valence-corrected chi connectivity index (χ2v) is 2.97. The van der Waals surface area contributed by atoms with Crippen molar-refractivity contribution < 1.29 is 41.0 Å². The van der Waals surface area contributed by atoms with Gasteiger partial charge in [0.1, 0.15) is 0 Å². The molecule has 98 valence electrons. The molecule has 1 fully saturated rings. The van der Waals surface area contributed by atoms with E-state index in [4.69, 9.17) is 0 Å². The van der Waals surface area contributed by atoms with E-state index in [0.717, 1.165) is 0 Å². The Morgan fingerprint density at radius 2 is 2.12 bits per heavy atom. The molecule has 0 aromatic heterocycles. The summed E-state index contributed by atoms with van der Waals surface area (Å²) in [5, 5.41) is 0. The van der Waals surface area contributed by atoms with Crippen LogP contribution in [-0.4, -0.2) is 37.8 Å². The number of hydrogen-bond acceptors (Lipinski definition) is 4. The summed E-state index contributed by atoms with van der Waals surface area (Å²) in [5.74, 6) is -3.23. The third-order valence-corrected chi connectivity index (χ3v) is 1.75. The summed E-state index contributed by atoms with van der Waals surface area (Å²) in [7, 11) is 0. The molecular weight excluding hydrogens is 255 g/mol. The van der Waals surface area contributed by atoms with Gasteiger partial charge in [-0.25, -0.2) is 13.6 Å². The normalized spacial score (nSPS) is 25.4. The number of ether oxygens (including phenoxy) is 3. The summed E-state index contributed by atoms with van der Waals surface area (Å²) in [4.78, 5) is 10.5. The average molecular weight is 262 g/mol. The van der Waals surface area contributed by atoms with Gasteiger partial charge in [-0.15, -0.1) is 0 Å². The standard InChI is InChI=1S/C8H7F5O4/c9-5(10)2-1-3-16-7(8(11,12)13)4-15-6(14)17-7/h1-2,5H,3-4H2/b2-1-. The van der Waals surface area contributed by atoms with Crippen molar-refractivity contribution in [2.45, 2.75) is 18.4 Å². The molecule has 1 rings (SSSR count). The number of cyclic esters (lactones) is 2. The van der Waals surface area contributed by atoms with Crippen LogP contribution < -0.4 is 0 Å². The molecule has 9 heteroatoms. The third kappa shape index (κ3) is 3.29. The van der Waals surface area contributed by atoms with Gasteiger partial charge in [-0.3, -0.25) is 0 Å². The number of alkyl halides is 5. The lowest BCUT2D eigenvalue weighted by molar-refractivity contribution is -0.346. The van der Waals surface area contributed by atoms with Crippen LogP contribution in [0.25, 0.3) is 0 Å². The Morgan fingerprint density at radius 3 is 2.53 bits per heavy atom. The van der Waals surface area contributed by atoms with Crippen LogP contribution in [0.2, 0.25) is 0 Å². The molecule has 17 heavy (non-hydrogen) atoms. The van der Waals surface area contributed by atoms with E-state index >= 15 is 0 Å². The van der Waals surface area contributed by atoms with Crippen LogP contribution in [0.1, 0.15) is 0 Å². The molecule has 1 aliphatic heterocycles. The van der Waals surface area contributed by atoms with Crippen LogP contribution in [0.4, 0.5) is 26.7 Å². The van der Waals surface area contributed by atoms with Gasteiger partial charge in [0.2, 0.25) is 0 Å². The highest BCUT2D eigenvalue weighted by Crippen LogP contribution is 2.38. The summed E-state index contributed by atoms with van der Waals surface area (Å²) in [5.41, 5.74) is 0. The maximum atomic E-state index is 12.5. The second kappa shape index (κ2) is 4.86. The average Bonchev–Trinajstić information content (AvgIpc) is 2.55. The fourth-order valence-corrected chi connectivity index (χ4v) is 0.981. The van der Waals surface area contributed by atoms with E-state index < -0.39 is 37.8 Å². The smallest absolute Gasteiger partial charge is 0.427 e. The number of carbonyl (C=O) groups excluding carboxylic acids is 1. The number of hydrogen-bond donors (Lipinski definition) is 0. The maximum Gasteiger partial charge on any atom is 0.511 e. The summed E-state index contributed by atoms with van der Waals surface area (Å²) in [6.07, 6.45) is -8.31. The minimum atomic E-state index is -5.02. The number of halogens is 5. The Bertz CT molecular complexity index is 314. The minimum absolute atomic E-state index is 0.349. The highest BCUT2D eigenvalue weighted by atomic mass is 19.4. The van der Waals surface area contributed by atoms with Crippen molar-refractivity contribution in [3.05, 3.63) is 12.2 Å². The quantitative estimate of drug-likeness (QED) is 0.443. The summed E-state index contributed by atoms with van der Waals surface area (Å²) < 4.78 is 73.0. The molecule has 1 heterocycles. The molecular formula is C8H7F5O4. The summed E-state index contributed by atoms with van der Waals surface area (Å²) in [6, 6.07) is 0. The maximum absolute atomic E-state index is 12.5. The molecule has 0 saturated carbocycles. The molecule has 0 radical (unpaired) electrons. The number of rotatable bonds is 4. The van der Waals surface area contributed by atoms with Gasteiger partial charge in [0.15, 0.2) is 6.61 Å². The molecule has 0 aromatic rings. The van der Waals surface area contributed by atoms with Gasteiger partial charge in [-0.2, -0.15) is 13.2 Å². The lowest BCUT2D eigenvalue weighted by Gasteiger charge is -2.26. The Morgan fingerprint density at radius 1 is 1.47 bits per heavy atom. The van der Waals surface area contributed by atoms with Gasteiger partial charge in [0.05, 0.1) is 6.61 Å². The first kappa shape index (κ1) is 13.7. The van der Waals surface area contributed by atoms with Gasteiger partial charge >= 0.3 is 18.1 Å². The predicted molar refractivity (Wildman–Crippen MR) is 42.3 cm³/mol. The molecule has 1 atom stereocenters. The lowest BCUT2D eigenvalue weighted by Crippen LogP contribution is -2.50. The van der Waals surface area contributed by atoms with Crippen molar-refractivity contribution in [1.82, 2.24) is 0 Å². The zero-order chi connectivity index (χ0) is 13.1. The summed E-state index contributed by atoms with van der Waals surface area (Å²) in [6.45, 7) is -1.96. The molecule has 0 amide bonds. The molecule has 4 nitrogen and oxygen atoms in total. The van der Waals surface area contributed by atoms with Crippen LogP contribution in [0.15, 0.2) is 12.2 Å². The van der Waals surface area contributed by atoms with E-state index in [1.54, 1.807) is 0 Å². The number of allylic oxidation sites excluding steroid dienone is 1. The predicted octanol–water partition coefficient (Wildman–Crippen LogP) is 2.25. The minimum Gasteiger partial charge on any atom is -0.427 e. The van der Waals surface area contributed by atoms with Gasteiger partial charge in [0.25, 0.3) is 6.43 Å². The van der Waals surface area contributed by atoms with Crippen molar-refractivity contribution in [3.8, 4) is 0 Å². The van der Waals surface area contributed by atoms with Gasteiger partial charge in [0, 0.05) is 0 Å². The zero-order valence-electron chi connectivity index (χ0n) is 8.17. The van der Waals surface area contributed by atoms with Crippen molar-refractivity contribution in [2.75, 3.05) is 13.2 Å². The Labute approximate surface area is 91.9 Å². The van der Waals surface area contributed by atoms with E-state index in [0.29, 0.717) is 12.2 Å². The SMILES string of the molecule is O=C1OCC(OC/C=C\C(F)F)(C(F)(F)F)O1. The second-order valence-electron chi connectivity index (χ2n) is 2.97. The highest BCUT2D eigenvalue weighted by Gasteiger charge is 2.64. The zero-order valence-corrected chi connectivity index (χ0v) is 8.17. The lowest BCUT2D eigenvalue weighted by atomic mass is 10.3. The van der Waals surface area contributed by atoms with E-state index in [9.17, 15) is 26.7 Å². The molecule has 0 N–H and O–H groups in total. The molecule has 0 aromatic carbocycles. The topological polar surface area (TPSA) is 44.8 Å². The first-order valence-corrected chi connectivity index (χ1v) is 4.28. The molecule has 1 aliphatic rings. The summed E-state index contributed by atoms with van der Waals surface area (Å²) >= 11 is 0.